The summed E-state index contributed by atoms with van der Waals surface area (Å²) in [4.78, 5) is 24.4. The Kier molecular flexibility index (Phi) is 4.36. The van der Waals surface area contributed by atoms with Crippen LogP contribution in [0.1, 0.15) is 11.3 Å². The minimum atomic E-state index is -0.216. The van der Waals surface area contributed by atoms with Crippen LogP contribution < -0.4 is 10.9 Å². The Bertz CT molecular complexity index is 995. The monoisotopic (exact) mass is 341 g/mol. The molecule has 1 aromatic heterocycles. The molecule has 3 rings (SSSR count). The summed E-state index contributed by atoms with van der Waals surface area (Å²) in [7, 11) is 1.58. The highest BCUT2D eigenvalue weighted by Gasteiger charge is 2.12. The first-order valence-corrected chi connectivity index (χ1v) is 7.84. The molecule has 0 aliphatic carbocycles. The highest BCUT2D eigenvalue weighted by atomic mass is 35.5. The zero-order valence-corrected chi connectivity index (χ0v) is 14.1. The van der Waals surface area contributed by atoms with E-state index in [1.807, 2.05) is 19.1 Å². The Balaban J connectivity index is 1.89. The summed E-state index contributed by atoms with van der Waals surface area (Å²) in [6.07, 6.45) is 0.0696. The van der Waals surface area contributed by atoms with Gasteiger partial charge in [-0.1, -0.05) is 35.9 Å². The largest absolute Gasteiger partial charge is 0.326 e. The Morgan fingerprint density at radius 2 is 1.92 bits per heavy atom. The van der Waals surface area contributed by atoms with E-state index in [4.69, 9.17) is 11.6 Å². The van der Waals surface area contributed by atoms with Gasteiger partial charge in [0.25, 0.3) is 5.56 Å². The molecule has 5 nitrogen and oxygen atoms in total. The first-order chi connectivity index (χ1) is 11.5. The molecule has 0 bridgehead atoms. The lowest BCUT2D eigenvalue weighted by molar-refractivity contribution is -0.115. The molecule has 0 aliphatic heterocycles. The van der Waals surface area contributed by atoms with Gasteiger partial charge in [-0.05, 0) is 30.7 Å². The maximum Gasteiger partial charge on any atom is 0.274 e. The predicted octanol–water partition coefficient (Wildman–Crippen LogP) is 3.08. The fourth-order valence-electron chi connectivity index (χ4n) is 2.53. The Morgan fingerprint density at radius 1 is 1.21 bits per heavy atom. The van der Waals surface area contributed by atoms with Gasteiger partial charge in [-0.3, -0.25) is 9.59 Å². The molecule has 1 amide bonds. The number of carbonyl (C=O) groups is 1. The maximum absolute atomic E-state index is 12.3. The topological polar surface area (TPSA) is 64.0 Å². The molecule has 0 saturated carbocycles. The highest BCUT2D eigenvalue weighted by molar-refractivity contribution is 6.31. The molecule has 0 unspecified atom stereocenters. The van der Waals surface area contributed by atoms with Gasteiger partial charge in [0.1, 0.15) is 0 Å². The van der Waals surface area contributed by atoms with Crippen molar-refractivity contribution >= 4 is 34.0 Å². The molecular formula is C18H16ClN3O2. The molecule has 0 saturated heterocycles. The van der Waals surface area contributed by atoms with Crippen molar-refractivity contribution < 1.29 is 4.79 Å². The van der Waals surface area contributed by atoms with Crippen LogP contribution in [-0.4, -0.2) is 15.7 Å². The van der Waals surface area contributed by atoms with E-state index in [-0.39, 0.29) is 17.9 Å². The van der Waals surface area contributed by atoms with Gasteiger partial charge < -0.3 is 5.32 Å². The van der Waals surface area contributed by atoms with Gasteiger partial charge in [-0.25, -0.2) is 4.68 Å². The lowest BCUT2D eigenvalue weighted by Crippen LogP contribution is -2.24. The molecule has 1 heterocycles. The van der Waals surface area contributed by atoms with Crippen molar-refractivity contribution in [1.82, 2.24) is 9.78 Å². The SMILES string of the molecule is Cc1ccc(NC(=O)Cc2nn(C)c(=O)c3ccccc23)cc1Cl. The Labute approximate surface area is 143 Å². The lowest BCUT2D eigenvalue weighted by atomic mass is 10.1. The van der Waals surface area contributed by atoms with Crippen molar-refractivity contribution in [3.8, 4) is 0 Å². The summed E-state index contributed by atoms with van der Waals surface area (Å²) in [5, 5.41) is 8.88. The number of nitrogens with one attached hydrogen (secondary N) is 1. The Morgan fingerprint density at radius 3 is 2.62 bits per heavy atom. The van der Waals surface area contributed by atoms with Crippen LogP contribution in [0.15, 0.2) is 47.3 Å². The van der Waals surface area contributed by atoms with Gasteiger partial charge in [0.05, 0.1) is 17.5 Å². The zero-order chi connectivity index (χ0) is 17.3. The number of aryl methyl sites for hydroxylation is 2. The first kappa shape index (κ1) is 16.2. The van der Waals surface area contributed by atoms with E-state index in [2.05, 4.69) is 10.4 Å². The normalized spacial score (nSPS) is 10.8. The van der Waals surface area contributed by atoms with E-state index < -0.39 is 0 Å². The number of amides is 1. The number of hydrogen-bond donors (Lipinski definition) is 1. The molecule has 0 radical (unpaired) electrons. The number of halogens is 1. The molecular weight excluding hydrogens is 326 g/mol. The van der Waals surface area contributed by atoms with E-state index in [1.165, 1.54) is 4.68 Å². The smallest absolute Gasteiger partial charge is 0.274 e. The number of fused-ring (bicyclic) bond motifs is 1. The average Bonchev–Trinajstić information content (AvgIpc) is 2.56. The van der Waals surface area contributed by atoms with Crippen LogP contribution in [0.5, 0.6) is 0 Å². The van der Waals surface area contributed by atoms with Crippen molar-refractivity contribution in [3.63, 3.8) is 0 Å². The molecule has 0 aliphatic rings. The molecule has 1 N–H and O–H groups in total. The van der Waals surface area contributed by atoms with Crippen LogP contribution in [0.4, 0.5) is 5.69 Å². The van der Waals surface area contributed by atoms with Crippen LogP contribution in [0, 0.1) is 6.92 Å². The van der Waals surface area contributed by atoms with E-state index in [9.17, 15) is 9.59 Å². The molecule has 122 valence electrons. The molecule has 2 aromatic carbocycles. The number of carbonyl (C=O) groups excluding carboxylic acids is 1. The van der Waals surface area contributed by atoms with Crippen LogP contribution in [0.3, 0.4) is 0 Å². The number of nitrogens with zero attached hydrogens (tertiary/aromatic N) is 2. The number of anilines is 1. The molecule has 3 aromatic rings. The second-order valence-electron chi connectivity index (χ2n) is 5.61. The summed E-state index contributed by atoms with van der Waals surface area (Å²) < 4.78 is 1.26. The summed E-state index contributed by atoms with van der Waals surface area (Å²) in [5.74, 6) is -0.216. The summed E-state index contributed by atoms with van der Waals surface area (Å²) in [6.45, 7) is 1.90. The number of hydrogen-bond acceptors (Lipinski definition) is 3. The first-order valence-electron chi connectivity index (χ1n) is 7.46. The third-order valence-corrected chi connectivity index (χ3v) is 4.22. The fourth-order valence-corrected chi connectivity index (χ4v) is 2.71. The Hall–Kier alpha value is -2.66. The van der Waals surface area contributed by atoms with E-state index >= 15 is 0 Å². The summed E-state index contributed by atoms with van der Waals surface area (Å²) in [6, 6.07) is 12.5. The van der Waals surface area contributed by atoms with Crippen LogP contribution in [-0.2, 0) is 18.3 Å². The standard InChI is InChI=1S/C18H16ClN3O2/c1-11-7-8-12(9-15(11)19)20-17(23)10-16-13-5-3-4-6-14(13)18(24)22(2)21-16/h3-9H,10H2,1-2H3,(H,20,23). The van der Waals surface area contributed by atoms with Gasteiger partial charge >= 0.3 is 0 Å². The van der Waals surface area contributed by atoms with Gasteiger partial charge in [0.15, 0.2) is 0 Å². The molecule has 0 spiro atoms. The van der Waals surface area contributed by atoms with E-state index in [0.29, 0.717) is 27.2 Å². The second kappa shape index (κ2) is 6.45. The van der Waals surface area contributed by atoms with Gasteiger partial charge in [0, 0.05) is 23.1 Å². The number of rotatable bonds is 3. The molecule has 0 fully saturated rings. The van der Waals surface area contributed by atoms with Crippen molar-refractivity contribution in [2.24, 2.45) is 7.05 Å². The van der Waals surface area contributed by atoms with Gasteiger partial charge in [0.2, 0.25) is 5.91 Å². The minimum absolute atomic E-state index is 0.0696. The van der Waals surface area contributed by atoms with Crippen LogP contribution >= 0.6 is 11.6 Å². The summed E-state index contributed by atoms with van der Waals surface area (Å²) in [5.41, 5.74) is 1.95. The van der Waals surface area contributed by atoms with E-state index in [0.717, 1.165) is 5.56 Å². The zero-order valence-electron chi connectivity index (χ0n) is 13.3. The summed E-state index contributed by atoms with van der Waals surface area (Å²) >= 11 is 6.07. The molecule has 6 heteroatoms. The lowest BCUT2D eigenvalue weighted by Gasteiger charge is -2.09. The van der Waals surface area contributed by atoms with Crippen molar-refractivity contribution in [3.05, 3.63) is 69.1 Å². The van der Waals surface area contributed by atoms with Crippen LogP contribution in [0.2, 0.25) is 5.02 Å². The van der Waals surface area contributed by atoms with Crippen LogP contribution in [0.25, 0.3) is 10.8 Å². The third kappa shape index (κ3) is 3.16. The fraction of sp³-hybridized carbons (Fsp3) is 0.167. The predicted molar refractivity (Wildman–Crippen MR) is 95.5 cm³/mol. The van der Waals surface area contributed by atoms with Crippen molar-refractivity contribution in [2.45, 2.75) is 13.3 Å². The maximum atomic E-state index is 12.3. The minimum Gasteiger partial charge on any atom is -0.326 e. The average molecular weight is 342 g/mol. The van der Waals surface area contributed by atoms with Gasteiger partial charge in [-0.2, -0.15) is 5.10 Å². The number of aromatic nitrogens is 2. The second-order valence-corrected chi connectivity index (χ2v) is 6.02. The molecule has 0 atom stereocenters. The van der Waals surface area contributed by atoms with Crippen molar-refractivity contribution in [1.29, 1.82) is 0 Å². The third-order valence-electron chi connectivity index (χ3n) is 3.82. The molecule has 24 heavy (non-hydrogen) atoms. The van der Waals surface area contributed by atoms with Gasteiger partial charge in [-0.15, -0.1) is 0 Å². The van der Waals surface area contributed by atoms with E-state index in [1.54, 1.807) is 37.4 Å². The van der Waals surface area contributed by atoms with Crippen molar-refractivity contribution in [2.75, 3.05) is 5.32 Å². The quantitative estimate of drug-likeness (QED) is 0.796. The number of benzene rings is 2. The highest BCUT2D eigenvalue weighted by Crippen LogP contribution is 2.20.